The van der Waals surface area contributed by atoms with Crippen molar-refractivity contribution in [2.24, 2.45) is 20.8 Å². The van der Waals surface area contributed by atoms with Crippen LogP contribution in [0.5, 0.6) is 0 Å². The van der Waals surface area contributed by atoms with Crippen molar-refractivity contribution < 1.29 is 14.7 Å². The van der Waals surface area contributed by atoms with Crippen molar-refractivity contribution in [2.45, 2.75) is 0 Å². The van der Waals surface area contributed by atoms with Gasteiger partial charge in [0, 0.05) is 5.56 Å². The van der Waals surface area contributed by atoms with Gasteiger partial charge < -0.3 is 10.5 Å². The van der Waals surface area contributed by atoms with Crippen LogP contribution < -0.4 is 11.3 Å². The van der Waals surface area contributed by atoms with Gasteiger partial charge in [-0.05, 0) is 12.1 Å². The molecule has 9 heteroatoms. The number of rotatable bonds is 3. The van der Waals surface area contributed by atoms with Crippen LogP contribution in [-0.4, -0.2) is 36.1 Å². The first-order chi connectivity index (χ1) is 9.58. The predicted octanol–water partition coefficient (Wildman–Crippen LogP) is 0.181. The Morgan fingerprint density at radius 1 is 1.50 bits per heavy atom. The van der Waals surface area contributed by atoms with Crippen LogP contribution in [0.25, 0.3) is 0 Å². The summed E-state index contributed by atoms with van der Waals surface area (Å²) in [6, 6.07) is 8.22. The Labute approximate surface area is 114 Å². The monoisotopic (exact) mass is 276 g/mol. The Morgan fingerprint density at radius 2 is 2.20 bits per heavy atom. The van der Waals surface area contributed by atoms with Crippen LogP contribution in [0.4, 0.5) is 0 Å². The second-order valence-electron chi connectivity index (χ2n) is 3.32. The van der Waals surface area contributed by atoms with Gasteiger partial charge in [-0.15, -0.1) is 4.99 Å². The topological polar surface area (TPSA) is 146 Å². The lowest BCUT2D eigenvalue weighted by molar-refractivity contribution is 0.0600. The maximum Gasteiger partial charge on any atom is 0.337 e. The number of benzene rings is 1. The van der Waals surface area contributed by atoms with Crippen LogP contribution in [0, 0.1) is 5.41 Å². The molecule has 0 atom stereocenters. The van der Waals surface area contributed by atoms with E-state index in [9.17, 15) is 4.79 Å². The van der Waals surface area contributed by atoms with Gasteiger partial charge in [0.25, 0.3) is 5.96 Å². The summed E-state index contributed by atoms with van der Waals surface area (Å²) >= 11 is 0. The van der Waals surface area contributed by atoms with Gasteiger partial charge in [-0.3, -0.25) is 10.6 Å². The number of ether oxygens (including phenoxy) is 1. The first-order valence-corrected chi connectivity index (χ1v) is 5.24. The number of esters is 1. The van der Waals surface area contributed by atoms with E-state index in [0.717, 1.165) is 0 Å². The summed E-state index contributed by atoms with van der Waals surface area (Å²) in [5.74, 6) is -0.984. The Bertz CT molecular complexity index is 604. The number of hydrogen-bond acceptors (Lipinski definition) is 6. The molecule has 9 nitrogen and oxygen atoms in total. The van der Waals surface area contributed by atoms with E-state index in [2.05, 4.69) is 19.8 Å². The van der Waals surface area contributed by atoms with Crippen molar-refractivity contribution in [1.82, 2.24) is 5.59 Å². The van der Waals surface area contributed by atoms with Crippen LogP contribution in [-0.2, 0) is 4.74 Å². The SMILES string of the molecule is COC(=O)c1cccc(/C(N)=N/C(=N)N=C=NNO)c1. The summed E-state index contributed by atoms with van der Waals surface area (Å²) in [4.78, 5) is 18.4. The molecule has 0 heterocycles. The Balaban J connectivity index is 2.97. The summed E-state index contributed by atoms with van der Waals surface area (Å²) < 4.78 is 4.58. The quantitative estimate of drug-likeness (QED) is 0.269. The fraction of sp³-hybridized carbons (Fsp3) is 0.0909. The molecule has 0 saturated heterocycles. The van der Waals surface area contributed by atoms with Crippen LogP contribution in [0.2, 0.25) is 0 Å². The minimum absolute atomic E-state index is 0.0109. The van der Waals surface area contributed by atoms with Crippen molar-refractivity contribution in [1.29, 1.82) is 5.41 Å². The van der Waals surface area contributed by atoms with Crippen LogP contribution in [0.3, 0.4) is 0 Å². The van der Waals surface area contributed by atoms with Gasteiger partial charge in [0.15, 0.2) is 0 Å². The molecule has 1 rings (SSSR count). The van der Waals surface area contributed by atoms with Crippen molar-refractivity contribution in [2.75, 3.05) is 7.11 Å². The molecule has 0 radical (unpaired) electrons. The number of nitrogens with two attached hydrogens (primary N) is 1. The van der Waals surface area contributed by atoms with E-state index in [1.54, 1.807) is 18.2 Å². The number of nitrogens with one attached hydrogen (secondary N) is 2. The van der Waals surface area contributed by atoms with E-state index in [1.165, 1.54) is 18.8 Å². The van der Waals surface area contributed by atoms with Crippen molar-refractivity contribution in [3.8, 4) is 0 Å². The van der Waals surface area contributed by atoms with Gasteiger partial charge in [0.05, 0.1) is 12.7 Å². The van der Waals surface area contributed by atoms with E-state index < -0.39 is 11.9 Å². The molecule has 20 heavy (non-hydrogen) atoms. The predicted molar refractivity (Wildman–Crippen MR) is 71.0 cm³/mol. The molecule has 1 aromatic rings. The molecule has 0 fully saturated rings. The van der Waals surface area contributed by atoms with Gasteiger partial charge in [-0.2, -0.15) is 10.6 Å². The average molecular weight is 276 g/mol. The van der Waals surface area contributed by atoms with Crippen molar-refractivity contribution in [3.63, 3.8) is 0 Å². The van der Waals surface area contributed by atoms with E-state index in [4.69, 9.17) is 16.4 Å². The van der Waals surface area contributed by atoms with Gasteiger partial charge in [0.1, 0.15) is 11.8 Å². The highest BCUT2D eigenvalue weighted by Gasteiger charge is 2.07. The van der Waals surface area contributed by atoms with Gasteiger partial charge in [-0.1, -0.05) is 17.2 Å². The molecule has 0 aliphatic carbocycles. The van der Waals surface area contributed by atoms with Crippen molar-refractivity contribution >= 4 is 23.8 Å². The van der Waals surface area contributed by atoms with Gasteiger partial charge >= 0.3 is 5.97 Å². The summed E-state index contributed by atoms with van der Waals surface area (Å²) in [5.41, 5.74) is 7.86. The zero-order chi connectivity index (χ0) is 15.0. The summed E-state index contributed by atoms with van der Waals surface area (Å²) in [6.45, 7) is 0. The number of amidine groups is 1. The lowest BCUT2D eigenvalue weighted by Crippen LogP contribution is -2.16. The van der Waals surface area contributed by atoms with E-state index in [1.807, 2.05) is 6.01 Å². The normalized spacial score (nSPS) is 10.2. The number of hydrazone groups is 1. The fourth-order valence-electron chi connectivity index (χ4n) is 1.22. The number of methoxy groups -OCH3 is 1. The lowest BCUT2D eigenvalue weighted by atomic mass is 10.1. The average Bonchev–Trinajstić information content (AvgIpc) is 2.46. The molecule has 104 valence electrons. The molecule has 0 aromatic heterocycles. The van der Waals surface area contributed by atoms with E-state index >= 15 is 0 Å². The third kappa shape index (κ3) is 4.33. The van der Waals surface area contributed by atoms with E-state index in [-0.39, 0.29) is 5.84 Å². The third-order valence-corrected chi connectivity index (χ3v) is 2.06. The summed E-state index contributed by atoms with van der Waals surface area (Å²) in [6.07, 6.45) is 0. The third-order valence-electron chi connectivity index (χ3n) is 2.06. The minimum atomic E-state index is -0.506. The number of carbonyl (C=O) groups is 1. The fourth-order valence-corrected chi connectivity index (χ4v) is 1.22. The zero-order valence-electron chi connectivity index (χ0n) is 10.5. The maximum atomic E-state index is 11.4. The molecule has 1 aromatic carbocycles. The standard InChI is InChI=1S/C11H12N6O3/c1-20-10(18)8-4-2-3-7(5-8)9(12)16-11(13)14-6-15-17-19/h2-5,17,19H,1H3,(H3,12,13,16). The number of guanidine groups is 1. The molecule has 5 N–H and O–H groups in total. The largest absolute Gasteiger partial charge is 0.465 e. The summed E-state index contributed by atoms with van der Waals surface area (Å²) in [5, 5.41) is 18.5. The van der Waals surface area contributed by atoms with Crippen molar-refractivity contribution in [3.05, 3.63) is 35.4 Å². The smallest absolute Gasteiger partial charge is 0.337 e. The van der Waals surface area contributed by atoms with Crippen LogP contribution in [0.1, 0.15) is 15.9 Å². The number of carbonyl (C=O) groups excluding carboxylic acids is 1. The van der Waals surface area contributed by atoms with Gasteiger partial charge in [0.2, 0.25) is 0 Å². The Hall–Kier alpha value is -3.03. The highest BCUT2D eigenvalue weighted by Crippen LogP contribution is 2.06. The molecular weight excluding hydrogens is 264 g/mol. The zero-order valence-corrected chi connectivity index (χ0v) is 10.5. The first-order valence-electron chi connectivity index (χ1n) is 5.24. The molecule has 0 spiro atoms. The summed E-state index contributed by atoms with van der Waals surface area (Å²) in [7, 11) is 1.27. The van der Waals surface area contributed by atoms with Crippen LogP contribution >= 0.6 is 0 Å². The highest BCUT2D eigenvalue weighted by molar-refractivity contribution is 6.06. The maximum absolute atomic E-state index is 11.4. The number of hydrogen-bond donors (Lipinski definition) is 4. The molecule has 0 amide bonds. The molecule has 0 unspecified atom stereocenters. The highest BCUT2D eigenvalue weighted by atomic mass is 16.5. The number of aliphatic imine (C=N–C) groups is 2. The minimum Gasteiger partial charge on any atom is -0.465 e. The molecule has 0 aliphatic heterocycles. The second kappa shape index (κ2) is 7.41. The molecule has 0 aliphatic rings. The second-order valence-corrected chi connectivity index (χ2v) is 3.32. The van der Waals surface area contributed by atoms with Gasteiger partial charge in [-0.25, -0.2) is 4.79 Å². The first kappa shape index (κ1) is 15.0. The van der Waals surface area contributed by atoms with E-state index in [0.29, 0.717) is 11.1 Å². The molecule has 0 bridgehead atoms. The van der Waals surface area contributed by atoms with Crippen LogP contribution in [0.15, 0.2) is 39.4 Å². The lowest BCUT2D eigenvalue weighted by Gasteiger charge is -2.03. The Kier molecular flexibility index (Phi) is 5.57. The molecule has 0 saturated carbocycles. The molecular formula is C11H12N6O3. The Morgan fingerprint density at radius 3 is 2.85 bits per heavy atom. The number of nitrogens with zero attached hydrogens (tertiary/aromatic N) is 3.